The molecule has 1 aliphatic rings. The van der Waals surface area contributed by atoms with Crippen molar-refractivity contribution in [3.63, 3.8) is 0 Å². The number of benzene rings is 1. The van der Waals surface area contributed by atoms with E-state index in [0.717, 1.165) is 30.0 Å². The number of ether oxygens (including phenoxy) is 1. The molecule has 3 aromatic rings. The lowest BCUT2D eigenvalue weighted by atomic mass is 10.2. The zero-order valence-electron chi connectivity index (χ0n) is 14.7. The maximum atomic E-state index is 12.1. The van der Waals surface area contributed by atoms with Crippen molar-refractivity contribution < 1.29 is 18.5 Å². The van der Waals surface area contributed by atoms with Crippen LogP contribution in [0.3, 0.4) is 0 Å². The third kappa shape index (κ3) is 4.95. The van der Waals surface area contributed by atoms with Crippen molar-refractivity contribution in [2.75, 3.05) is 5.32 Å². The van der Waals surface area contributed by atoms with Crippen LogP contribution in [0.4, 0.5) is 10.5 Å². The van der Waals surface area contributed by atoms with Gasteiger partial charge in [-0.2, -0.15) is 4.98 Å². The van der Waals surface area contributed by atoms with E-state index in [-0.39, 0.29) is 12.6 Å². The SMILES string of the molecule is O=C(NCc1nc(C2CC2)no1)Nc1cccc(COCc2ccco2)c1. The number of furan rings is 1. The minimum Gasteiger partial charge on any atom is -0.467 e. The van der Waals surface area contributed by atoms with Crippen LogP contribution in [0.1, 0.15) is 41.8 Å². The Bertz CT molecular complexity index is 887. The Morgan fingerprint density at radius 1 is 1.22 bits per heavy atom. The predicted molar refractivity (Wildman–Crippen MR) is 95.8 cm³/mol. The molecule has 2 heterocycles. The molecule has 2 N–H and O–H groups in total. The lowest BCUT2D eigenvalue weighted by Gasteiger charge is -2.08. The van der Waals surface area contributed by atoms with Gasteiger partial charge in [0.15, 0.2) is 5.82 Å². The highest BCUT2D eigenvalue weighted by Gasteiger charge is 2.28. The van der Waals surface area contributed by atoms with Gasteiger partial charge in [0.2, 0.25) is 5.89 Å². The van der Waals surface area contributed by atoms with E-state index in [1.165, 1.54) is 0 Å². The van der Waals surface area contributed by atoms with Crippen molar-refractivity contribution in [3.05, 3.63) is 65.7 Å². The first-order valence-corrected chi connectivity index (χ1v) is 8.82. The number of hydrogen-bond acceptors (Lipinski definition) is 6. The van der Waals surface area contributed by atoms with Gasteiger partial charge < -0.3 is 24.3 Å². The number of aromatic nitrogens is 2. The van der Waals surface area contributed by atoms with Gasteiger partial charge in [0.1, 0.15) is 12.4 Å². The summed E-state index contributed by atoms with van der Waals surface area (Å²) in [5.41, 5.74) is 1.63. The van der Waals surface area contributed by atoms with Crippen LogP contribution in [0.25, 0.3) is 0 Å². The maximum absolute atomic E-state index is 12.1. The minimum atomic E-state index is -0.338. The Morgan fingerprint density at radius 2 is 2.15 bits per heavy atom. The van der Waals surface area contributed by atoms with Crippen LogP contribution in [0.5, 0.6) is 0 Å². The molecule has 8 heteroatoms. The van der Waals surface area contributed by atoms with Crippen LogP contribution < -0.4 is 10.6 Å². The zero-order valence-corrected chi connectivity index (χ0v) is 14.7. The lowest BCUT2D eigenvalue weighted by molar-refractivity contribution is 0.0930. The monoisotopic (exact) mass is 368 g/mol. The van der Waals surface area contributed by atoms with Gasteiger partial charge in [-0.25, -0.2) is 4.79 Å². The predicted octanol–water partition coefficient (Wildman–Crippen LogP) is 3.58. The molecule has 27 heavy (non-hydrogen) atoms. The van der Waals surface area contributed by atoms with Gasteiger partial charge in [-0.15, -0.1) is 0 Å². The van der Waals surface area contributed by atoms with Gasteiger partial charge in [0.05, 0.1) is 19.4 Å². The van der Waals surface area contributed by atoms with Crippen LogP contribution in [-0.4, -0.2) is 16.2 Å². The quantitative estimate of drug-likeness (QED) is 0.630. The molecule has 2 amide bonds. The molecule has 4 rings (SSSR count). The number of anilines is 1. The number of hydrogen-bond donors (Lipinski definition) is 2. The second-order valence-electron chi connectivity index (χ2n) is 6.40. The van der Waals surface area contributed by atoms with Gasteiger partial charge in [-0.3, -0.25) is 0 Å². The zero-order chi connectivity index (χ0) is 18.5. The molecule has 0 unspecified atom stereocenters. The summed E-state index contributed by atoms with van der Waals surface area (Å²) in [6.45, 7) is 1.01. The van der Waals surface area contributed by atoms with Crippen LogP contribution >= 0.6 is 0 Å². The molecular formula is C19H20N4O4. The highest BCUT2D eigenvalue weighted by atomic mass is 16.5. The smallest absolute Gasteiger partial charge is 0.319 e. The van der Waals surface area contributed by atoms with Crippen molar-refractivity contribution in [3.8, 4) is 0 Å². The summed E-state index contributed by atoms with van der Waals surface area (Å²) in [6.07, 6.45) is 3.83. The summed E-state index contributed by atoms with van der Waals surface area (Å²) in [4.78, 5) is 16.3. The summed E-state index contributed by atoms with van der Waals surface area (Å²) in [6, 6.07) is 10.8. The molecule has 0 bridgehead atoms. The highest BCUT2D eigenvalue weighted by molar-refractivity contribution is 5.89. The third-order valence-electron chi connectivity index (χ3n) is 4.10. The number of nitrogens with one attached hydrogen (secondary N) is 2. The first kappa shape index (κ1) is 17.3. The van der Waals surface area contributed by atoms with Gasteiger partial charge in [-0.05, 0) is 42.7 Å². The average molecular weight is 368 g/mol. The summed E-state index contributed by atoms with van der Waals surface area (Å²) in [5.74, 6) is 2.34. The average Bonchev–Trinajstić information content (AvgIpc) is 3.18. The Kier molecular flexibility index (Phi) is 5.15. The Balaban J connectivity index is 1.23. The third-order valence-corrected chi connectivity index (χ3v) is 4.10. The van der Waals surface area contributed by atoms with Gasteiger partial charge in [-0.1, -0.05) is 17.3 Å². The number of carbonyl (C=O) groups excluding carboxylic acids is 1. The van der Waals surface area contributed by atoms with Crippen molar-refractivity contribution in [2.45, 2.75) is 38.5 Å². The standard InChI is InChI=1S/C19H20N4O4/c24-19(20-10-17-22-18(23-27-17)14-6-7-14)21-15-4-1-3-13(9-15)11-25-12-16-5-2-8-26-16/h1-5,8-9,14H,6-7,10-12H2,(H2,20,21,24). The number of amides is 2. The van der Waals surface area contributed by atoms with Crippen molar-refractivity contribution >= 4 is 11.7 Å². The molecule has 0 radical (unpaired) electrons. The summed E-state index contributed by atoms with van der Waals surface area (Å²) in [7, 11) is 0. The molecule has 0 spiro atoms. The second-order valence-corrected chi connectivity index (χ2v) is 6.40. The van der Waals surface area contributed by atoms with E-state index in [1.807, 2.05) is 36.4 Å². The normalized spacial score (nSPS) is 13.5. The maximum Gasteiger partial charge on any atom is 0.319 e. The highest BCUT2D eigenvalue weighted by Crippen LogP contribution is 2.38. The van der Waals surface area contributed by atoms with Gasteiger partial charge in [0.25, 0.3) is 0 Å². The van der Waals surface area contributed by atoms with Crippen LogP contribution in [0.2, 0.25) is 0 Å². The van der Waals surface area contributed by atoms with E-state index < -0.39 is 0 Å². The summed E-state index contributed by atoms with van der Waals surface area (Å²) in [5, 5.41) is 9.42. The number of nitrogens with zero attached hydrogens (tertiary/aromatic N) is 2. The Morgan fingerprint density at radius 3 is 2.96 bits per heavy atom. The molecule has 0 atom stereocenters. The molecule has 2 aromatic heterocycles. The topological polar surface area (TPSA) is 102 Å². The molecule has 1 fully saturated rings. The first-order chi connectivity index (χ1) is 13.3. The molecule has 8 nitrogen and oxygen atoms in total. The molecule has 1 saturated carbocycles. The van der Waals surface area contributed by atoms with E-state index in [2.05, 4.69) is 20.8 Å². The summed E-state index contributed by atoms with van der Waals surface area (Å²) >= 11 is 0. The van der Waals surface area contributed by atoms with Crippen LogP contribution in [0, 0.1) is 0 Å². The Labute approximate surface area is 155 Å². The van der Waals surface area contributed by atoms with Gasteiger partial charge in [0, 0.05) is 11.6 Å². The van der Waals surface area contributed by atoms with E-state index in [1.54, 1.807) is 6.26 Å². The fourth-order valence-electron chi connectivity index (χ4n) is 2.58. The molecular weight excluding hydrogens is 348 g/mol. The van der Waals surface area contributed by atoms with Gasteiger partial charge >= 0.3 is 6.03 Å². The number of rotatable bonds is 8. The molecule has 1 aliphatic carbocycles. The molecule has 140 valence electrons. The summed E-state index contributed by atoms with van der Waals surface area (Å²) < 4.78 is 16.0. The van der Waals surface area contributed by atoms with Crippen LogP contribution in [0.15, 0.2) is 51.6 Å². The first-order valence-electron chi connectivity index (χ1n) is 8.82. The second kappa shape index (κ2) is 8.05. The van der Waals surface area contributed by atoms with Crippen molar-refractivity contribution in [1.29, 1.82) is 0 Å². The van der Waals surface area contributed by atoms with Crippen molar-refractivity contribution in [1.82, 2.24) is 15.5 Å². The molecule has 0 aliphatic heterocycles. The number of carbonyl (C=O) groups is 1. The van der Waals surface area contributed by atoms with E-state index in [9.17, 15) is 4.79 Å². The fraction of sp³-hybridized carbons (Fsp3) is 0.316. The van der Waals surface area contributed by atoms with Crippen LogP contribution in [-0.2, 0) is 24.5 Å². The fourth-order valence-corrected chi connectivity index (χ4v) is 2.58. The van der Waals surface area contributed by atoms with E-state index >= 15 is 0 Å². The molecule has 0 saturated heterocycles. The van der Waals surface area contributed by atoms with E-state index in [4.69, 9.17) is 13.7 Å². The number of urea groups is 1. The van der Waals surface area contributed by atoms with E-state index in [0.29, 0.717) is 30.7 Å². The Hall–Kier alpha value is -3.13. The minimum absolute atomic E-state index is 0.192. The molecule has 1 aromatic carbocycles. The lowest BCUT2D eigenvalue weighted by Crippen LogP contribution is -2.28. The van der Waals surface area contributed by atoms with Crippen molar-refractivity contribution in [2.24, 2.45) is 0 Å². The largest absolute Gasteiger partial charge is 0.467 e.